The highest BCUT2D eigenvalue weighted by Crippen LogP contribution is 2.31. The smallest absolute Gasteiger partial charge is 0.351 e. The number of nitrogens with zero attached hydrogens (tertiary/aromatic N) is 2. The van der Waals surface area contributed by atoms with Crippen molar-refractivity contribution in [2.45, 2.75) is 63.8 Å². The second-order valence-corrected chi connectivity index (χ2v) is 6.91. The predicted octanol–water partition coefficient (Wildman–Crippen LogP) is 3.22. The Bertz CT molecular complexity index is 495. The van der Waals surface area contributed by atoms with E-state index in [0.717, 1.165) is 25.1 Å². The van der Waals surface area contributed by atoms with E-state index in [1.807, 2.05) is 0 Å². The van der Waals surface area contributed by atoms with Crippen molar-refractivity contribution in [3.8, 4) is 0 Å². The van der Waals surface area contributed by atoms with E-state index in [-0.39, 0.29) is 23.1 Å². The molecule has 0 aliphatic carbocycles. The lowest BCUT2D eigenvalue weighted by atomic mass is 9.80. The summed E-state index contributed by atoms with van der Waals surface area (Å²) in [6.45, 7) is 8.32. The first kappa shape index (κ1) is 16.0. The quantitative estimate of drug-likeness (QED) is 0.881. The zero-order chi connectivity index (χ0) is 15.9. The van der Waals surface area contributed by atoms with E-state index in [4.69, 9.17) is 0 Å². The van der Waals surface area contributed by atoms with Gasteiger partial charge < -0.3 is 10.6 Å². The molecule has 1 aliphatic heterocycles. The van der Waals surface area contributed by atoms with Gasteiger partial charge in [0.15, 0.2) is 0 Å². The molecule has 118 valence electrons. The van der Waals surface area contributed by atoms with Gasteiger partial charge in [0.25, 0.3) is 0 Å². The summed E-state index contributed by atoms with van der Waals surface area (Å²) in [4.78, 5) is 7.47. The Kier molecular flexibility index (Phi) is 3.90. The van der Waals surface area contributed by atoms with Crippen LogP contribution < -0.4 is 10.6 Å². The van der Waals surface area contributed by atoms with E-state index in [1.165, 1.54) is 0 Å². The van der Waals surface area contributed by atoms with Gasteiger partial charge in [-0.15, -0.1) is 0 Å². The Balaban J connectivity index is 2.15. The summed E-state index contributed by atoms with van der Waals surface area (Å²) in [5.41, 5.74) is -1.12. The van der Waals surface area contributed by atoms with Gasteiger partial charge in [-0.2, -0.15) is 13.2 Å². The Morgan fingerprint density at radius 3 is 2.29 bits per heavy atom. The van der Waals surface area contributed by atoms with Crippen molar-refractivity contribution < 1.29 is 13.2 Å². The molecule has 7 heteroatoms. The normalized spacial score (nSPS) is 22.0. The monoisotopic (exact) mass is 302 g/mol. The Morgan fingerprint density at radius 1 is 1.19 bits per heavy atom. The van der Waals surface area contributed by atoms with Crippen molar-refractivity contribution in [1.82, 2.24) is 15.3 Å². The summed E-state index contributed by atoms with van der Waals surface area (Å²) in [6.07, 6.45) is -1.74. The van der Waals surface area contributed by atoms with Crippen LogP contribution in [0.3, 0.4) is 0 Å². The van der Waals surface area contributed by atoms with Crippen LogP contribution in [0.5, 0.6) is 0 Å². The van der Waals surface area contributed by atoms with Gasteiger partial charge >= 0.3 is 6.18 Å². The average molecular weight is 302 g/mol. The van der Waals surface area contributed by atoms with Gasteiger partial charge in [0, 0.05) is 23.3 Å². The van der Waals surface area contributed by atoms with Crippen LogP contribution in [0.4, 0.5) is 19.1 Å². The minimum Gasteiger partial charge on any atom is -0.351 e. The summed E-state index contributed by atoms with van der Waals surface area (Å²) in [7, 11) is 0. The summed E-state index contributed by atoms with van der Waals surface area (Å²) in [6, 6.07) is 0.904. The molecular formula is C14H21F3N4. The minimum absolute atomic E-state index is 0.0275. The lowest BCUT2D eigenvalue weighted by molar-refractivity contribution is -0.141. The maximum absolute atomic E-state index is 12.7. The van der Waals surface area contributed by atoms with Gasteiger partial charge in [0.2, 0.25) is 5.95 Å². The molecule has 2 heterocycles. The first-order valence-electron chi connectivity index (χ1n) is 6.93. The van der Waals surface area contributed by atoms with Crippen LogP contribution in [0.1, 0.15) is 46.2 Å². The van der Waals surface area contributed by atoms with Gasteiger partial charge in [-0.05, 0) is 46.6 Å². The lowest BCUT2D eigenvalue weighted by Crippen LogP contribution is -2.60. The lowest BCUT2D eigenvalue weighted by Gasteiger charge is -2.46. The van der Waals surface area contributed by atoms with E-state index >= 15 is 0 Å². The predicted molar refractivity (Wildman–Crippen MR) is 75.0 cm³/mol. The van der Waals surface area contributed by atoms with E-state index < -0.39 is 11.9 Å². The molecular weight excluding hydrogens is 281 g/mol. The average Bonchev–Trinajstić information content (AvgIpc) is 2.23. The van der Waals surface area contributed by atoms with Gasteiger partial charge in [-0.25, -0.2) is 9.97 Å². The molecule has 0 amide bonds. The third-order valence-corrected chi connectivity index (χ3v) is 3.47. The van der Waals surface area contributed by atoms with Crippen LogP contribution in [0.15, 0.2) is 12.3 Å². The fraction of sp³-hybridized carbons (Fsp3) is 0.714. The first-order valence-corrected chi connectivity index (χ1v) is 6.93. The zero-order valence-electron chi connectivity index (χ0n) is 12.7. The minimum atomic E-state index is -4.45. The number of alkyl halides is 3. The number of aromatic nitrogens is 2. The van der Waals surface area contributed by atoms with Crippen LogP contribution in [0.2, 0.25) is 0 Å². The standard InChI is InChI=1S/C14H21F3N4/c1-12(2)7-9(8-13(3,4)21-12)19-11-18-6-5-10(20-11)14(15,16)17/h5-6,9,21H,7-8H2,1-4H3,(H,18,19,20). The van der Waals surface area contributed by atoms with Crippen molar-refractivity contribution in [2.24, 2.45) is 0 Å². The number of nitrogens with one attached hydrogen (secondary N) is 2. The third-order valence-electron chi connectivity index (χ3n) is 3.47. The molecule has 1 aliphatic rings. The summed E-state index contributed by atoms with van der Waals surface area (Å²) in [5.74, 6) is 0.0309. The first-order chi connectivity index (χ1) is 9.47. The molecule has 0 bridgehead atoms. The molecule has 1 fully saturated rings. The van der Waals surface area contributed by atoms with Crippen molar-refractivity contribution in [3.63, 3.8) is 0 Å². The van der Waals surface area contributed by atoms with E-state index in [0.29, 0.717) is 0 Å². The topological polar surface area (TPSA) is 49.8 Å². The van der Waals surface area contributed by atoms with Gasteiger partial charge in [-0.3, -0.25) is 0 Å². The van der Waals surface area contributed by atoms with E-state index in [2.05, 4.69) is 48.3 Å². The zero-order valence-corrected chi connectivity index (χ0v) is 12.7. The highest BCUT2D eigenvalue weighted by Gasteiger charge is 2.38. The molecule has 2 rings (SSSR count). The SMILES string of the molecule is CC1(C)CC(Nc2nccc(C(F)(F)F)n2)CC(C)(C)N1. The van der Waals surface area contributed by atoms with Gasteiger partial charge in [0.1, 0.15) is 5.69 Å². The van der Waals surface area contributed by atoms with Crippen LogP contribution in [-0.4, -0.2) is 27.1 Å². The fourth-order valence-electron chi connectivity index (χ4n) is 3.19. The maximum atomic E-state index is 12.7. The van der Waals surface area contributed by atoms with Crippen molar-refractivity contribution in [2.75, 3.05) is 5.32 Å². The molecule has 0 unspecified atom stereocenters. The fourth-order valence-corrected chi connectivity index (χ4v) is 3.19. The molecule has 4 nitrogen and oxygen atoms in total. The Hall–Kier alpha value is -1.37. The molecule has 0 saturated carbocycles. The molecule has 0 aromatic carbocycles. The van der Waals surface area contributed by atoms with E-state index in [1.54, 1.807) is 0 Å². The number of rotatable bonds is 2. The molecule has 2 N–H and O–H groups in total. The number of hydrogen-bond donors (Lipinski definition) is 2. The van der Waals surface area contributed by atoms with E-state index in [9.17, 15) is 13.2 Å². The summed E-state index contributed by atoms with van der Waals surface area (Å²) >= 11 is 0. The van der Waals surface area contributed by atoms with Crippen LogP contribution in [-0.2, 0) is 6.18 Å². The van der Waals surface area contributed by atoms with Crippen molar-refractivity contribution in [1.29, 1.82) is 0 Å². The third kappa shape index (κ3) is 4.30. The largest absolute Gasteiger partial charge is 0.433 e. The molecule has 0 radical (unpaired) electrons. The summed E-state index contributed by atoms with van der Waals surface area (Å²) < 4.78 is 38.0. The van der Waals surface area contributed by atoms with Crippen LogP contribution in [0.25, 0.3) is 0 Å². The highest BCUT2D eigenvalue weighted by molar-refractivity contribution is 5.29. The number of hydrogen-bond acceptors (Lipinski definition) is 4. The Labute approximate surface area is 122 Å². The summed E-state index contributed by atoms with van der Waals surface area (Å²) in [5, 5.41) is 6.56. The second-order valence-electron chi connectivity index (χ2n) is 6.91. The molecule has 1 saturated heterocycles. The number of anilines is 1. The molecule has 1 aromatic heterocycles. The molecule has 1 aromatic rings. The molecule has 0 atom stereocenters. The second kappa shape index (κ2) is 5.12. The Morgan fingerprint density at radius 2 is 1.76 bits per heavy atom. The maximum Gasteiger partial charge on any atom is 0.433 e. The van der Waals surface area contributed by atoms with Gasteiger partial charge in [-0.1, -0.05) is 0 Å². The molecule has 0 spiro atoms. The van der Waals surface area contributed by atoms with Gasteiger partial charge in [0.05, 0.1) is 0 Å². The van der Waals surface area contributed by atoms with Crippen LogP contribution in [0, 0.1) is 0 Å². The van der Waals surface area contributed by atoms with Crippen molar-refractivity contribution >= 4 is 5.95 Å². The molecule has 21 heavy (non-hydrogen) atoms. The number of piperidine rings is 1. The number of halogens is 3. The highest BCUT2D eigenvalue weighted by atomic mass is 19.4. The van der Waals surface area contributed by atoms with Crippen molar-refractivity contribution in [3.05, 3.63) is 18.0 Å². The van der Waals surface area contributed by atoms with Crippen LogP contribution >= 0.6 is 0 Å².